The van der Waals surface area contributed by atoms with Gasteiger partial charge in [-0.2, -0.15) is 0 Å². The van der Waals surface area contributed by atoms with E-state index in [0.717, 1.165) is 12.8 Å². The van der Waals surface area contributed by atoms with E-state index >= 15 is 0 Å². The molecule has 0 heterocycles. The minimum absolute atomic E-state index is 0. The first-order valence-corrected chi connectivity index (χ1v) is 5.68. The molecule has 0 rings (SSSR count). The number of carbonyl (C=O) groups is 1. The molecule has 0 aliphatic carbocycles. The molecule has 0 aromatic rings. The molecule has 98 valence electrons. The van der Waals surface area contributed by atoms with Crippen LogP contribution in [0.3, 0.4) is 0 Å². The molecule has 0 radical (unpaired) electrons. The number of nitrogens with one attached hydrogen (secondary N) is 1. The number of amides is 1. The van der Waals surface area contributed by atoms with Gasteiger partial charge in [0.15, 0.2) is 0 Å². The maximum absolute atomic E-state index is 11.4. The molecule has 0 bridgehead atoms. The standard InChI is InChI=1S/C11H24N2O2.ClH/c1-4-5-10(12)11(15)13-7-8(2)6-9(3)14;/h8-10,14H,4-7,12H2,1-3H3,(H,13,15);1H. The van der Waals surface area contributed by atoms with Crippen molar-refractivity contribution in [3.8, 4) is 0 Å². The zero-order chi connectivity index (χ0) is 11.8. The highest BCUT2D eigenvalue weighted by atomic mass is 35.5. The number of halogens is 1. The molecular weight excluding hydrogens is 228 g/mol. The molecule has 1 amide bonds. The van der Waals surface area contributed by atoms with Gasteiger partial charge in [-0.3, -0.25) is 4.79 Å². The number of hydrogen-bond acceptors (Lipinski definition) is 3. The van der Waals surface area contributed by atoms with Crippen LogP contribution in [0.2, 0.25) is 0 Å². The van der Waals surface area contributed by atoms with Crippen molar-refractivity contribution < 1.29 is 9.90 Å². The van der Waals surface area contributed by atoms with Crippen molar-refractivity contribution in [3.05, 3.63) is 0 Å². The predicted octanol–water partition coefficient (Wildman–Crippen LogP) is 1.06. The lowest BCUT2D eigenvalue weighted by Crippen LogP contribution is -2.42. The van der Waals surface area contributed by atoms with E-state index in [0.29, 0.717) is 13.0 Å². The molecular formula is C11H25ClN2O2. The Hall–Kier alpha value is -0.320. The summed E-state index contributed by atoms with van der Waals surface area (Å²) in [5, 5.41) is 11.9. The molecule has 0 aromatic heterocycles. The van der Waals surface area contributed by atoms with Crippen LogP contribution in [0.15, 0.2) is 0 Å². The van der Waals surface area contributed by atoms with Crippen molar-refractivity contribution in [1.82, 2.24) is 5.32 Å². The van der Waals surface area contributed by atoms with E-state index in [1.54, 1.807) is 6.92 Å². The lowest BCUT2D eigenvalue weighted by atomic mass is 10.0. The summed E-state index contributed by atoms with van der Waals surface area (Å²) >= 11 is 0. The van der Waals surface area contributed by atoms with E-state index in [1.165, 1.54) is 0 Å². The maximum atomic E-state index is 11.4. The molecule has 0 spiro atoms. The molecule has 5 heteroatoms. The van der Waals surface area contributed by atoms with Crippen LogP contribution in [-0.2, 0) is 4.79 Å². The molecule has 0 aliphatic rings. The summed E-state index contributed by atoms with van der Waals surface area (Å²) in [5.74, 6) is 0.192. The van der Waals surface area contributed by atoms with Crippen molar-refractivity contribution in [3.63, 3.8) is 0 Å². The van der Waals surface area contributed by atoms with Crippen LogP contribution in [-0.4, -0.2) is 29.7 Å². The first-order valence-electron chi connectivity index (χ1n) is 5.68. The first-order chi connectivity index (χ1) is 6.97. The second kappa shape index (κ2) is 9.87. The predicted molar refractivity (Wildman–Crippen MR) is 68.6 cm³/mol. The van der Waals surface area contributed by atoms with Crippen molar-refractivity contribution >= 4 is 18.3 Å². The molecule has 0 saturated carbocycles. The zero-order valence-corrected chi connectivity index (χ0v) is 11.2. The number of nitrogens with two attached hydrogens (primary N) is 1. The molecule has 16 heavy (non-hydrogen) atoms. The number of aliphatic hydroxyl groups is 1. The van der Waals surface area contributed by atoms with Crippen LogP contribution in [0.1, 0.15) is 40.0 Å². The summed E-state index contributed by atoms with van der Waals surface area (Å²) in [6, 6.07) is -0.395. The topological polar surface area (TPSA) is 75.4 Å². The van der Waals surface area contributed by atoms with Gasteiger partial charge in [0.25, 0.3) is 0 Å². The average Bonchev–Trinajstić information content (AvgIpc) is 2.13. The summed E-state index contributed by atoms with van der Waals surface area (Å²) in [6.07, 6.45) is 2.01. The largest absolute Gasteiger partial charge is 0.393 e. The first kappa shape index (κ1) is 18.1. The summed E-state index contributed by atoms with van der Waals surface area (Å²) in [4.78, 5) is 11.4. The van der Waals surface area contributed by atoms with E-state index in [9.17, 15) is 4.79 Å². The van der Waals surface area contributed by atoms with Gasteiger partial charge in [0, 0.05) is 6.54 Å². The molecule has 0 aliphatic heterocycles. The van der Waals surface area contributed by atoms with Gasteiger partial charge in [0.05, 0.1) is 12.1 Å². The summed E-state index contributed by atoms with van der Waals surface area (Å²) < 4.78 is 0. The Balaban J connectivity index is 0. The molecule has 4 nitrogen and oxygen atoms in total. The van der Waals surface area contributed by atoms with Crippen LogP contribution >= 0.6 is 12.4 Å². The van der Waals surface area contributed by atoms with Crippen molar-refractivity contribution in [2.45, 2.75) is 52.2 Å². The Kier molecular flexibility index (Phi) is 11.1. The Morgan fingerprint density at radius 1 is 1.44 bits per heavy atom. The van der Waals surface area contributed by atoms with E-state index in [2.05, 4.69) is 5.32 Å². The fourth-order valence-corrected chi connectivity index (χ4v) is 1.51. The zero-order valence-electron chi connectivity index (χ0n) is 10.4. The highest BCUT2D eigenvalue weighted by molar-refractivity contribution is 5.85. The number of carbonyl (C=O) groups excluding carboxylic acids is 1. The van der Waals surface area contributed by atoms with E-state index in [-0.39, 0.29) is 30.3 Å². The van der Waals surface area contributed by atoms with Crippen LogP contribution in [0.25, 0.3) is 0 Å². The highest BCUT2D eigenvalue weighted by Crippen LogP contribution is 2.04. The third kappa shape index (κ3) is 8.95. The third-order valence-corrected chi connectivity index (χ3v) is 2.30. The van der Waals surface area contributed by atoms with Gasteiger partial charge in [-0.25, -0.2) is 0 Å². The Bertz CT molecular complexity index is 189. The molecule has 0 fully saturated rings. The SMILES string of the molecule is CCCC(N)C(=O)NCC(C)CC(C)O.Cl. The second-order valence-electron chi connectivity index (χ2n) is 4.33. The van der Waals surface area contributed by atoms with Crippen molar-refractivity contribution in [2.75, 3.05) is 6.54 Å². The van der Waals surface area contributed by atoms with Gasteiger partial charge in [0.2, 0.25) is 5.91 Å². The van der Waals surface area contributed by atoms with Gasteiger partial charge >= 0.3 is 0 Å². The fourth-order valence-electron chi connectivity index (χ4n) is 1.51. The van der Waals surface area contributed by atoms with Gasteiger partial charge in [-0.05, 0) is 25.7 Å². The molecule has 3 atom stereocenters. The molecule has 0 saturated heterocycles. The highest BCUT2D eigenvalue weighted by Gasteiger charge is 2.13. The monoisotopic (exact) mass is 252 g/mol. The summed E-state index contributed by atoms with van der Waals surface area (Å²) in [5.41, 5.74) is 5.65. The lowest BCUT2D eigenvalue weighted by Gasteiger charge is -2.16. The maximum Gasteiger partial charge on any atom is 0.236 e. The van der Waals surface area contributed by atoms with Gasteiger partial charge in [-0.15, -0.1) is 12.4 Å². The second-order valence-corrected chi connectivity index (χ2v) is 4.33. The van der Waals surface area contributed by atoms with E-state index in [4.69, 9.17) is 10.8 Å². The normalized spacial score (nSPS) is 15.8. The van der Waals surface area contributed by atoms with Crippen LogP contribution in [0.4, 0.5) is 0 Å². The van der Waals surface area contributed by atoms with Gasteiger partial charge < -0.3 is 16.2 Å². The van der Waals surface area contributed by atoms with E-state index < -0.39 is 6.04 Å². The average molecular weight is 253 g/mol. The Labute approximate surface area is 104 Å². The van der Waals surface area contributed by atoms with Crippen molar-refractivity contribution in [2.24, 2.45) is 11.7 Å². The van der Waals surface area contributed by atoms with Crippen molar-refractivity contribution in [1.29, 1.82) is 0 Å². The van der Waals surface area contributed by atoms with Gasteiger partial charge in [0.1, 0.15) is 0 Å². The Morgan fingerprint density at radius 2 is 2.00 bits per heavy atom. The molecule has 0 aromatic carbocycles. The van der Waals surface area contributed by atoms with Crippen LogP contribution in [0, 0.1) is 5.92 Å². The number of hydrogen-bond donors (Lipinski definition) is 3. The molecule has 4 N–H and O–H groups in total. The molecule has 3 unspecified atom stereocenters. The van der Waals surface area contributed by atoms with Gasteiger partial charge in [-0.1, -0.05) is 20.3 Å². The number of aliphatic hydroxyl groups excluding tert-OH is 1. The van der Waals surface area contributed by atoms with Crippen LogP contribution < -0.4 is 11.1 Å². The van der Waals surface area contributed by atoms with Crippen LogP contribution in [0.5, 0.6) is 0 Å². The Morgan fingerprint density at radius 3 is 2.44 bits per heavy atom. The quantitative estimate of drug-likeness (QED) is 0.634. The fraction of sp³-hybridized carbons (Fsp3) is 0.909. The number of rotatable bonds is 7. The lowest BCUT2D eigenvalue weighted by molar-refractivity contribution is -0.122. The smallest absolute Gasteiger partial charge is 0.236 e. The van der Waals surface area contributed by atoms with E-state index in [1.807, 2.05) is 13.8 Å². The summed E-state index contributed by atoms with van der Waals surface area (Å²) in [7, 11) is 0. The minimum atomic E-state index is -0.395. The minimum Gasteiger partial charge on any atom is -0.393 e. The third-order valence-electron chi connectivity index (χ3n) is 2.30. The summed E-state index contributed by atoms with van der Waals surface area (Å²) in [6.45, 7) is 6.34.